The van der Waals surface area contributed by atoms with E-state index >= 15 is 0 Å². The lowest BCUT2D eigenvalue weighted by molar-refractivity contribution is -0.120. The summed E-state index contributed by atoms with van der Waals surface area (Å²) in [4.78, 5) is 12.5. The Bertz CT molecular complexity index is 328. The maximum absolute atomic E-state index is 11.2. The van der Waals surface area contributed by atoms with Gasteiger partial charge < -0.3 is 10.6 Å². The van der Waals surface area contributed by atoms with Crippen LogP contribution in [0.15, 0.2) is 12.1 Å². The second-order valence-corrected chi connectivity index (χ2v) is 5.28. The summed E-state index contributed by atoms with van der Waals surface area (Å²) in [6.07, 6.45) is 1.89. The van der Waals surface area contributed by atoms with Crippen molar-refractivity contribution in [1.29, 1.82) is 0 Å². The fraction of sp³-hybridized carbons (Fsp3) is 0.545. The average Bonchev–Trinajstić information content (AvgIpc) is 2.67. The zero-order chi connectivity index (χ0) is 11.8. The Kier molecular flexibility index (Phi) is 6.45. The number of rotatable bonds is 7. The predicted octanol–water partition coefficient (Wildman–Crippen LogP) is 2.06. The van der Waals surface area contributed by atoms with Gasteiger partial charge in [0.25, 0.3) is 0 Å². The summed E-state index contributed by atoms with van der Waals surface area (Å²) in [5, 5.41) is 5.92. The van der Waals surface area contributed by atoms with Crippen LogP contribution < -0.4 is 10.6 Å². The van der Waals surface area contributed by atoms with E-state index in [1.807, 2.05) is 19.1 Å². The van der Waals surface area contributed by atoms with E-state index in [0.29, 0.717) is 6.54 Å². The highest BCUT2D eigenvalue weighted by Gasteiger charge is 2.00. The molecular weight excluding hydrogens is 244 g/mol. The molecule has 1 aromatic heterocycles. The van der Waals surface area contributed by atoms with Gasteiger partial charge in [-0.3, -0.25) is 4.79 Å². The van der Waals surface area contributed by atoms with Crippen molar-refractivity contribution in [1.82, 2.24) is 10.6 Å². The summed E-state index contributed by atoms with van der Waals surface area (Å²) < 4.78 is 0.815. The van der Waals surface area contributed by atoms with Gasteiger partial charge in [0.1, 0.15) is 0 Å². The minimum Gasteiger partial charge on any atom is -0.355 e. The van der Waals surface area contributed by atoms with Crippen LogP contribution in [0.25, 0.3) is 0 Å². The number of thiophene rings is 1. The molecule has 0 aliphatic heterocycles. The molecule has 0 fully saturated rings. The topological polar surface area (TPSA) is 41.1 Å². The Balaban J connectivity index is 2.05. The third kappa shape index (κ3) is 5.49. The normalized spacial score (nSPS) is 10.4. The molecule has 5 heteroatoms. The van der Waals surface area contributed by atoms with Crippen LogP contribution in [-0.2, 0) is 11.2 Å². The lowest BCUT2D eigenvalue weighted by Gasteiger charge is -2.04. The highest BCUT2D eigenvalue weighted by Crippen LogP contribution is 2.21. The van der Waals surface area contributed by atoms with Crippen LogP contribution >= 0.6 is 22.9 Å². The molecule has 1 heterocycles. The Labute approximate surface area is 105 Å². The van der Waals surface area contributed by atoms with Crippen molar-refractivity contribution >= 4 is 28.8 Å². The molecule has 2 N–H and O–H groups in total. The Morgan fingerprint density at radius 3 is 2.88 bits per heavy atom. The maximum Gasteiger partial charge on any atom is 0.233 e. The summed E-state index contributed by atoms with van der Waals surface area (Å²) >= 11 is 7.40. The highest BCUT2D eigenvalue weighted by molar-refractivity contribution is 7.16. The molecule has 0 unspecified atom stereocenters. The van der Waals surface area contributed by atoms with Crippen molar-refractivity contribution < 1.29 is 4.79 Å². The Morgan fingerprint density at radius 2 is 2.25 bits per heavy atom. The van der Waals surface area contributed by atoms with Crippen molar-refractivity contribution in [2.24, 2.45) is 0 Å². The van der Waals surface area contributed by atoms with Gasteiger partial charge in [-0.15, -0.1) is 11.3 Å². The van der Waals surface area contributed by atoms with E-state index < -0.39 is 0 Å². The van der Waals surface area contributed by atoms with Crippen molar-refractivity contribution in [3.05, 3.63) is 21.3 Å². The standard InChI is InChI=1S/C11H17ClN2OS/c1-2-6-14-11(15)8-13-7-5-9-3-4-10(12)16-9/h3-4,13H,2,5-8H2,1H3,(H,14,15). The maximum atomic E-state index is 11.2. The van der Waals surface area contributed by atoms with E-state index in [2.05, 4.69) is 10.6 Å². The van der Waals surface area contributed by atoms with Gasteiger partial charge in [0.05, 0.1) is 10.9 Å². The number of amides is 1. The van der Waals surface area contributed by atoms with Crippen LogP contribution in [0.4, 0.5) is 0 Å². The van der Waals surface area contributed by atoms with Crippen molar-refractivity contribution in [3.63, 3.8) is 0 Å². The Hall–Kier alpha value is -0.580. The quantitative estimate of drug-likeness (QED) is 0.737. The van der Waals surface area contributed by atoms with Crippen molar-refractivity contribution in [2.45, 2.75) is 19.8 Å². The third-order valence-corrected chi connectivity index (χ3v) is 3.33. The summed E-state index contributed by atoms with van der Waals surface area (Å²) in [6, 6.07) is 3.92. The highest BCUT2D eigenvalue weighted by atomic mass is 35.5. The van der Waals surface area contributed by atoms with Gasteiger partial charge in [-0.25, -0.2) is 0 Å². The lowest BCUT2D eigenvalue weighted by atomic mass is 10.3. The summed E-state index contributed by atoms with van der Waals surface area (Å²) in [6.45, 7) is 3.98. The lowest BCUT2D eigenvalue weighted by Crippen LogP contribution is -2.34. The van der Waals surface area contributed by atoms with Crippen molar-refractivity contribution in [3.8, 4) is 0 Å². The van der Waals surface area contributed by atoms with Crippen molar-refractivity contribution in [2.75, 3.05) is 19.6 Å². The average molecular weight is 261 g/mol. The Morgan fingerprint density at radius 1 is 1.44 bits per heavy atom. The van der Waals surface area contributed by atoms with Gasteiger partial charge in [-0.2, -0.15) is 0 Å². The van der Waals surface area contributed by atoms with Gasteiger partial charge >= 0.3 is 0 Å². The van der Waals surface area contributed by atoms with E-state index in [9.17, 15) is 4.79 Å². The van der Waals surface area contributed by atoms with E-state index in [4.69, 9.17) is 11.6 Å². The first-order valence-corrected chi connectivity index (χ1v) is 6.63. The number of carbonyl (C=O) groups is 1. The molecule has 0 saturated heterocycles. The monoisotopic (exact) mass is 260 g/mol. The van der Waals surface area contributed by atoms with E-state index in [1.165, 1.54) is 4.88 Å². The summed E-state index contributed by atoms with van der Waals surface area (Å²) in [7, 11) is 0. The molecule has 0 radical (unpaired) electrons. The first-order valence-electron chi connectivity index (χ1n) is 5.44. The van der Waals surface area contributed by atoms with Crippen LogP contribution in [-0.4, -0.2) is 25.5 Å². The van der Waals surface area contributed by atoms with E-state index in [0.717, 1.165) is 30.3 Å². The molecule has 1 aromatic rings. The van der Waals surface area contributed by atoms with Crippen LogP contribution in [0.1, 0.15) is 18.2 Å². The van der Waals surface area contributed by atoms with Gasteiger partial charge in [-0.05, 0) is 25.0 Å². The van der Waals surface area contributed by atoms with Gasteiger partial charge in [-0.1, -0.05) is 18.5 Å². The van der Waals surface area contributed by atoms with E-state index in [1.54, 1.807) is 11.3 Å². The fourth-order valence-electron chi connectivity index (χ4n) is 1.23. The third-order valence-electron chi connectivity index (χ3n) is 2.03. The van der Waals surface area contributed by atoms with E-state index in [-0.39, 0.29) is 5.91 Å². The largest absolute Gasteiger partial charge is 0.355 e. The zero-order valence-electron chi connectivity index (χ0n) is 9.38. The minimum atomic E-state index is 0.0612. The molecule has 0 aliphatic rings. The summed E-state index contributed by atoms with van der Waals surface area (Å²) in [5.41, 5.74) is 0. The molecule has 0 saturated carbocycles. The number of nitrogens with one attached hydrogen (secondary N) is 2. The molecule has 0 atom stereocenters. The number of hydrogen-bond acceptors (Lipinski definition) is 3. The molecule has 1 rings (SSSR count). The van der Waals surface area contributed by atoms with Crippen LogP contribution in [0.5, 0.6) is 0 Å². The SMILES string of the molecule is CCCNC(=O)CNCCc1ccc(Cl)s1. The van der Waals surface area contributed by atoms with Crippen LogP contribution in [0.3, 0.4) is 0 Å². The molecule has 1 amide bonds. The first-order chi connectivity index (χ1) is 7.72. The fourth-order valence-corrected chi connectivity index (χ4v) is 2.31. The number of halogens is 1. The number of carbonyl (C=O) groups excluding carboxylic acids is 1. The predicted molar refractivity (Wildman–Crippen MR) is 69.2 cm³/mol. The zero-order valence-corrected chi connectivity index (χ0v) is 11.0. The smallest absolute Gasteiger partial charge is 0.233 e. The second kappa shape index (κ2) is 7.65. The first kappa shape index (κ1) is 13.5. The molecule has 3 nitrogen and oxygen atoms in total. The molecule has 0 bridgehead atoms. The number of hydrogen-bond donors (Lipinski definition) is 2. The molecular formula is C11H17ClN2OS. The van der Waals surface area contributed by atoms with Crippen LogP contribution in [0, 0.1) is 0 Å². The van der Waals surface area contributed by atoms with Gasteiger partial charge in [0.2, 0.25) is 5.91 Å². The van der Waals surface area contributed by atoms with Crippen LogP contribution in [0.2, 0.25) is 4.34 Å². The summed E-state index contributed by atoms with van der Waals surface area (Å²) in [5.74, 6) is 0.0612. The minimum absolute atomic E-state index is 0.0612. The van der Waals surface area contributed by atoms with Gasteiger partial charge in [0.15, 0.2) is 0 Å². The van der Waals surface area contributed by atoms with Gasteiger partial charge in [0, 0.05) is 18.0 Å². The molecule has 90 valence electrons. The molecule has 0 spiro atoms. The molecule has 0 aromatic carbocycles. The molecule has 0 aliphatic carbocycles. The molecule has 16 heavy (non-hydrogen) atoms. The second-order valence-electron chi connectivity index (χ2n) is 3.48.